The van der Waals surface area contributed by atoms with Crippen LogP contribution in [0.15, 0.2) is 66.2 Å². The van der Waals surface area contributed by atoms with Crippen LogP contribution >= 0.6 is 0 Å². The molecule has 0 spiro atoms. The van der Waals surface area contributed by atoms with E-state index in [0.29, 0.717) is 12.8 Å². The summed E-state index contributed by atoms with van der Waals surface area (Å²) in [6, 6.07) is 13.4. The number of nitro groups is 1. The molecule has 1 heterocycles. The molecule has 1 aliphatic heterocycles. The number of amides is 3. The van der Waals surface area contributed by atoms with Crippen LogP contribution in [-0.2, 0) is 9.59 Å². The van der Waals surface area contributed by atoms with Crippen molar-refractivity contribution in [2.24, 2.45) is 11.8 Å². The van der Waals surface area contributed by atoms with Crippen LogP contribution in [0.2, 0.25) is 0 Å². The quantitative estimate of drug-likeness (QED) is 0.221. The summed E-state index contributed by atoms with van der Waals surface area (Å²) >= 11 is 0. The molecule has 1 saturated heterocycles. The van der Waals surface area contributed by atoms with Gasteiger partial charge < -0.3 is 0 Å². The highest BCUT2D eigenvalue weighted by Crippen LogP contribution is 2.39. The molecule has 0 N–H and O–H groups in total. The van der Waals surface area contributed by atoms with Gasteiger partial charge in [0.1, 0.15) is 12.1 Å². The van der Waals surface area contributed by atoms with Crippen LogP contribution in [0, 0.1) is 22.0 Å². The standard InChI is InChI=1S/C24H21N3O6/c1-15-11-12-17-19(13-15)24(31)26(23(17)30)25(14-21(28)16-7-3-2-4-8-16)22(29)18-9-5-6-10-20(18)27(32)33/h2-11,17,19H,12-14H2,1H3/t17-,19+/m0/s1. The lowest BCUT2D eigenvalue weighted by molar-refractivity contribution is -0.385. The molecular weight excluding hydrogens is 426 g/mol. The fourth-order valence-corrected chi connectivity index (χ4v) is 4.30. The fourth-order valence-electron chi connectivity index (χ4n) is 4.30. The summed E-state index contributed by atoms with van der Waals surface area (Å²) in [6.45, 7) is 1.25. The van der Waals surface area contributed by atoms with Gasteiger partial charge in [0.15, 0.2) is 5.78 Å². The molecule has 2 atom stereocenters. The van der Waals surface area contributed by atoms with Crippen LogP contribution in [0.25, 0.3) is 0 Å². The molecule has 2 aromatic carbocycles. The maximum atomic E-state index is 13.5. The SMILES string of the molecule is CC1=CC[C@@H]2C(=O)N(N(CC(=O)c3ccccc3)C(=O)c3ccccc3[N+](=O)[O-])C(=O)[C@@H]2C1. The van der Waals surface area contributed by atoms with E-state index < -0.39 is 52.5 Å². The van der Waals surface area contributed by atoms with Gasteiger partial charge in [-0.2, -0.15) is 5.01 Å². The van der Waals surface area contributed by atoms with E-state index in [9.17, 15) is 29.3 Å². The number of fused-ring (bicyclic) bond motifs is 1. The third kappa shape index (κ3) is 4.05. The molecule has 1 fully saturated rings. The monoisotopic (exact) mass is 447 g/mol. The van der Waals surface area contributed by atoms with Crippen molar-refractivity contribution in [3.05, 3.63) is 87.5 Å². The number of rotatable bonds is 6. The van der Waals surface area contributed by atoms with Gasteiger partial charge in [0.25, 0.3) is 23.4 Å². The number of ketones is 1. The van der Waals surface area contributed by atoms with Crippen molar-refractivity contribution in [1.29, 1.82) is 0 Å². The Bertz CT molecular complexity index is 1190. The topological polar surface area (TPSA) is 118 Å². The Labute approximate surface area is 189 Å². The van der Waals surface area contributed by atoms with Crippen molar-refractivity contribution in [2.45, 2.75) is 19.8 Å². The number of Topliss-reactive ketones (excluding diaryl/α,β-unsaturated/α-hetero) is 1. The van der Waals surface area contributed by atoms with Crippen LogP contribution < -0.4 is 0 Å². The molecule has 33 heavy (non-hydrogen) atoms. The predicted octanol–water partition coefficient (Wildman–Crippen LogP) is 3.18. The minimum atomic E-state index is -0.961. The molecule has 2 aliphatic rings. The first kappa shape index (κ1) is 22.1. The summed E-state index contributed by atoms with van der Waals surface area (Å²) in [6.07, 6.45) is 2.63. The molecule has 3 amide bonds. The first-order chi connectivity index (χ1) is 15.8. The van der Waals surface area contributed by atoms with Crippen LogP contribution in [0.5, 0.6) is 0 Å². The molecule has 4 rings (SSSR count). The second kappa shape index (κ2) is 8.78. The number of hydrogen-bond donors (Lipinski definition) is 0. The van der Waals surface area contributed by atoms with Crippen molar-refractivity contribution < 1.29 is 24.1 Å². The van der Waals surface area contributed by atoms with Gasteiger partial charge in [-0.05, 0) is 25.8 Å². The van der Waals surface area contributed by atoms with Crippen molar-refractivity contribution in [3.8, 4) is 0 Å². The number of allylic oxidation sites excluding steroid dienone is 2. The first-order valence-corrected chi connectivity index (χ1v) is 10.5. The molecule has 0 aromatic heterocycles. The largest absolute Gasteiger partial charge is 0.292 e. The summed E-state index contributed by atoms with van der Waals surface area (Å²) in [5.74, 6) is -3.89. The number of nitro benzene ring substituents is 1. The molecule has 2 aromatic rings. The Balaban J connectivity index is 1.75. The third-order valence-electron chi connectivity index (χ3n) is 6.00. The fraction of sp³-hybridized carbons (Fsp3) is 0.250. The molecule has 0 radical (unpaired) electrons. The number of carbonyl (C=O) groups excluding carboxylic acids is 4. The molecule has 1 aliphatic carbocycles. The Hall–Kier alpha value is -4.14. The Morgan fingerprint density at radius 1 is 1.03 bits per heavy atom. The van der Waals surface area contributed by atoms with E-state index in [1.807, 2.05) is 13.0 Å². The van der Waals surface area contributed by atoms with Gasteiger partial charge in [-0.3, -0.25) is 29.3 Å². The van der Waals surface area contributed by atoms with Crippen LogP contribution in [-0.4, -0.2) is 45.0 Å². The second-order valence-electron chi connectivity index (χ2n) is 8.12. The van der Waals surface area contributed by atoms with E-state index in [4.69, 9.17) is 0 Å². The highest BCUT2D eigenvalue weighted by Gasteiger charge is 2.52. The lowest BCUT2D eigenvalue weighted by atomic mass is 9.82. The number of benzene rings is 2. The Morgan fingerprint density at radius 3 is 2.36 bits per heavy atom. The average molecular weight is 447 g/mol. The molecule has 168 valence electrons. The molecule has 0 saturated carbocycles. The first-order valence-electron chi connectivity index (χ1n) is 10.5. The van der Waals surface area contributed by atoms with E-state index in [1.54, 1.807) is 30.3 Å². The van der Waals surface area contributed by atoms with E-state index in [-0.39, 0.29) is 11.1 Å². The summed E-state index contributed by atoms with van der Waals surface area (Å²) in [5.41, 5.74) is 0.463. The smallest absolute Gasteiger partial charge is 0.282 e. The number of nitrogens with zero attached hydrogens (tertiary/aromatic N) is 3. The number of para-hydroxylation sites is 1. The van der Waals surface area contributed by atoms with Crippen molar-refractivity contribution in [1.82, 2.24) is 10.0 Å². The average Bonchev–Trinajstić information content (AvgIpc) is 3.06. The maximum absolute atomic E-state index is 13.5. The Morgan fingerprint density at radius 2 is 1.67 bits per heavy atom. The predicted molar refractivity (Wildman–Crippen MR) is 117 cm³/mol. The summed E-state index contributed by atoms with van der Waals surface area (Å²) < 4.78 is 0. The van der Waals surface area contributed by atoms with Gasteiger partial charge in [0.05, 0.1) is 16.8 Å². The highest BCUT2D eigenvalue weighted by atomic mass is 16.6. The number of carbonyl (C=O) groups is 4. The molecule has 0 unspecified atom stereocenters. The zero-order valence-corrected chi connectivity index (χ0v) is 17.8. The molecule has 9 heteroatoms. The lowest BCUT2D eigenvalue weighted by Crippen LogP contribution is -2.52. The molecule has 9 nitrogen and oxygen atoms in total. The van der Waals surface area contributed by atoms with Crippen molar-refractivity contribution in [2.75, 3.05) is 6.54 Å². The number of hydrazine groups is 1. The number of imide groups is 1. The zero-order valence-electron chi connectivity index (χ0n) is 17.8. The normalized spacial score (nSPS) is 19.7. The van der Waals surface area contributed by atoms with Crippen LogP contribution in [0.4, 0.5) is 5.69 Å². The van der Waals surface area contributed by atoms with Gasteiger partial charge in [-0.15, -0.1) is 0 Å². The molecule has 0 bridgehead atoms. The minimum absolute atomic E-state index is 0.284. The van der Waals surface area contributed by atoms with Crippen LogP contribution in [0.1, 0.15) is 40.5 Å². The minimum Gasteiger partial charge on any atom is -0.292 e. The number of hydrogen-bond acceptors (Lipinski definition) is 6. The highest BCUT2D eigenvalue weighted by molar-refractivity contribution is 6.10. The van der Waals surface area contributed by atoms with Crippen molar-refractivity contribution >= 4 is 29.2 Å². The zero-order chi connectivity index (χ0) is 23.7. The van der Waals surface area contributed by atoms with Crippen LogP contribution in [0.3, 0.4) is 0 Å². The van der Waals surface area contributed by atoms with Gasteiger partial charge in [0, 0.05) is 11.6 Å². The van der Waals surface area contributed by atoms with Gasteiger partial charge in [0.2, 0.25) is 0 Å². The summed E-state index contributed by atoms with van der Waals surface area (Å²) in [4.78, 5) is 63.7. The van der Waals surface area contributed by atoms with E-state index >= 15 is 0 Å². The van der Waals surface area contributed by atoms with E-state index in [2.05, 4.69) is 0 Å². The summed E-state index contributed by atoms with van der Waals surface area (Å²) in [5, 5.41) is 13.0. The van der Waals surface area contributed by atoms with Crippen molar-refractivity contribution in [3.63, 3.8) is 0 Å². The lowest BCUT2D eigenvalue weighted by Gasteiger charge is -2.30. The van der Waals surface area contributed by atoms with Gasteiger partial charge in [-0.1, -0.05) is 54.1 Å². The summed E-state index contributed by atoms with van der Waals surface area (Å²) in [7, 11) is 0. The molecular formula is C24H21N3O6. The van der Waals surface area contributed by atoms with E-state index in [1.165, 1.54) is 18.2 Å². The third-order valence-corrected chi connectivity index (χ3v) is 6.00. The van der Waals surface area contributed by atoms with Gasteiger partial charge in [-0.25, -0.2) is 5.01 Å². The van der Waals surface area contributed by atoms with Gasteiger partial charge >= 0.3 is 0 Å². The Kier molecular flexibility index (Phi) is 5.87. The second-order valence-corrected chi connectivity index (χ2v) is 8.12. The maximum Gasteiger partial charge on any atom is 0.282 e. The van der Waals surface area contributed by atoms with E-state index in [0.717, 1.165) is 21.7 Å².